The second-order valence-electron chi connectivity index (χ2n) is 10.0. The summed E-state index contributed by atoms with van der Waals surface area (Å²) in [6.45, 7) is 5.98. The molecule has 0 aliphatic heterocycles. The molecular formula is C31H37F5O4. The monoisotopic (exact) mass is 568 g/mol. The second-order valence-corrected chi connectivity index (χ2v) is 10.0. The predicted molar refractivity (Wildman–Crippen MR) is 146 cm³/mol. The molecule has 1 atom stereocenters. The smallest absolute Gasteiger partial charge is 0.201 e. The van der Waals surface area contributed by atoms with Gasteiger partial charge in [-0.05, 0) is 73.4 Å². The molecule has 1 unspecified atom stereocenters. The zero-order chi connectivity index (χ0) is 29.8. The molecule has 0 amide bonds. The van der Waals surface area contributed by atoms with Crippen LogP contribution in [0.25, 0.3) is 11.1 Å². The molecule has 1 fully saturated rings. The van der Waals surface area contributed by atoms with Gasteiger partial charge in [-0.3, -0.25) is 10.5 Å². The molecule has 1 saturated carbocycles. The highest BCUT2D eigenvalue weighted by Crippen LogP contribution is 2.36. The molecule has 40 heavy (non-hydrogen) atoms. The van der Waals surface area contributed by atoms with Crippen molar-refractivity contribution in [1.82, 2.24) is 0 Å². The van der Waals surface area contributed by atoms with Crippen molar-refractivity contribution in [2.75, 3.05) is 6.61 Å². The van der Waals surface area contributed by atoms with E-state index in [1.54, 1.807) is 13.8 Å². The van der Waals surface area contributed by atoms with Gasteiger partial charge in [-0.2, -0.15) is 8.78 Å². The maximum Gasteiger partial charge on any atom is 0.201 e. The standard InChI is InChI=1S/C16H23F.C15H12F4O2.H2O2/c1-12-3-7-15(8-4-12)16-9-5-14(6-10-16)11-13(2)17;1-2-7-21-11-6-4-9(13(17)15(11)19)8-3-5-10(20)14(18)12(8)16;1-2/h5-6,9-10,12-13,15H,3-4,7-8,11H2,1-2H3;3-6,20H,2,7H2,1H3;1-2H. The van der Waals surface area contributed by atoms with Crippen LogP contribution < -0.4 is 4.74 Å². The van der Waals surface area contributed by atoms with E-state index >= 15 is 0 Å². The highest BCUT2D eigenvalue weighted by atomic mass is 19.2. The lowest BCUT2D eigenvalue weighted by Gasteiger charge is -2.26. The summed E-state index contributed by atoms with van der Waals surface area (Å²) >= 11 is 0. The maximum atomic E-state index is 14.0. The fourth-order valence-corrected chi connectivity index (χ4v) is 4.65. The van der Waals surface area contributed by atoms with E-state index in [9.17, 15) is 22.0 Å². The molecule has 3 aromatic carbocycles. The van der Waals surface area contributed by atoms with Crippen molar-refractivity contribution in [2.45, 2.75) is 71.4 Å². The number of alkyl halides is 1. The van der Waals surface area contributed by atoms with E-state index in [1.165, 1.54) is 31.2 Å². The minimum Gasteiger partial charge on any atom is -0.505 e. The SMILES string of the molecule is CC(F)Cc1ccc(C2CCC(C)CC2)cc1.CCCOc1ccc(-c2ccc(O)c(F)c2F)c(F)c1F.OO. The lowest BCUT2D eigenvalue weighted by molar-refractivity contribution is -0.176. The van der Waals surface area contributed by atoms with Gasteiger partial charge in [0.1, 0.15) is 6.17 Å². The van der Waals surface area contributed by atoms with Gasteiger partial charge in [0.2, 0.25) is 11.6 Å². The highest BCUT2D eigenvalue weighted by Gasteiger charge is 2.21. The zero-order valence-electron chi connectivity index (χ0n) is 22.9. The first-order valence-electron chi connectivity index (χ1n) is 13.3. The maximum absolute atomic E-state index is 14.0. The molecule has 1 aliphatic rings. The summed E-state index contributed by atoms with van der Waals surface area (Å²) in [6.07, 6.45) is 5.77. The summed E-state index contributed by atoms with van der Waals surface area (Å²) in [5.41, 5.74) is 1.64. The van der Waals surface area contributed by atoms with E-state index in [2.05, 4.69) is 31.2 Å². The van der Waals surface area contributed by atoms with Gasteiger partial charge >= 0.3 is 0 Å². The molecule has 0 saturated heterocycles. The molecule has 3 aromatic rings. The Balaban J connectivity index is 0.000000269. The lowest BCUT2D eigenvalue weighted by atomic mass is 9.79. The predicted octanol–water partition coefficient (Wildman–Crippen LogP) is 9.30. The first kappa shape index (κ1) is 33.0. The number of benzene rings is 3. The Hall–Kier alpha value is -3.17. The summed E-state index contributed by atoms with van der Waals surface area (Å²) in [5.74, 6) is -5.13. The third kappa shape index (κ3) is 8.93. The van der Waals surface area contributed by atoms with Crippen molar-refractivity contribution in [1.29, 1.82) is 0 Å². The van der Waals surface area contributed by atoms with Crippen LogP contribution in [0.5, 0.6) is 11.5 Å². The number of halogens is 5. The van der Waals surface area contributed by atoms with Crippen LogP contribution in [0.15, 0.2) is 48.5 Å². The average Bonchev–Trinajstić information content (AvgIpc) is 2.95. The summed E-state index contributed by atoms with van der Waals surface area (Å²) in [4.78, 5) is 0. The molecule has 3 N–H and O–H groups in total. The summed E-state index contributed by atoms with van der Waals surface area (Å²) < 4.78 is 72.7. The molecule has 0 bridgehead atoms. The van der Waals surface area contributed by atoms with Crippen molar-refractivity contribution in [3.8, 4) is 22.6 Å². The van der Waals surface area contributed by atoms with Gasteiger partial charge in [-0.1, -0.05) is 51.0 Å². The highest BCUT2D eigenvalue weighted by molar-refractivity contribution is 5.67. The summed E-state index contributed by atoms with van der Waals surface area (Å²) in [6, 6.07) is 12.7. The molecule has 0 aromatic heterocycles. The Morgan fingerprint density at radius 1 is 0.800 bits per heavy atom. The van der Waals surface area contributed by atoms with Gasteiger partial charge in [0, 0.05) is 17.5 Å². The number of hydrogen-bond acceptors (Lipinski definition) is 4. The topological polar surface area (TPSA) is 69.9 Å². The Labute approximate surface area is 232 Å². The number of aromatic hydroxyl groups is 1. The molecule has 0 spiro atoms. The minimum absolute atomic E-state index is 0.206. The third-order valence-electron chi connectivity index (χ3n) is 6.84. The molecule has 4 nitrogen and oxygen atoms in total. The molecular weight excluding hydrogens is 531 g/mol. The molecule has 220 valence electrons. The quantitative estimate of drug-likeness (QED) is 0.151. The van der Waals surface area contributed by atoms with Crippen LogP contribution in [0, 0.1) is 29.2 Å². The number of phenols is 1. The van der Waals surface area contributed by atoms with Crippen LogP contribution in [0.2, 0.25) is 0 Å². The van der Waals surface area contributed by atoms with Crippen molar-refractivity contribution in [2.24, 2.45) is 5.92 Å². The molecule has 0 heterocycles. The number of rotatable bonds is 7. The van der Waals surface area contributed by atoms with E-state index in [1.807, 2.05) is 0 Å². The van der Waals surface area contributed by atoms with E-state index in [4.69, 9.17) is 20.4 Å². The van der Waals surface area contributed by atoms with Gasteiger partial charge in [0.05, 0.1) is 6.61 Å². The lowest BCUT2D eigenvalue weighted by Crippen LogP contribution is -2.10. The summed E-state index contributed by atoms with van der Waals surface area (Å²) in [5, 5.41) is 21.0. The van der Waals surface area contributed by atoms with Crippen LogP contribution in [0.1, 0.15) is 69.9 Å². The van der Waals surface area contributed by atoms with Crippen LogP contribution in [-0.2, 0) is 6.42 Å². The summed E-state index contributed by atoms with van der Waals surface area (Å²) in [7, 11) is 0. The van der Waals surface area contributed by atoms with Gasteiger partial charge in [-0.25, -0.2) is 13.2 Å². The van der Waals surface area contributed by atoms with Crippen molar-refractivity contribution in [3.05, 3.63) is 82.9 Å². The van der Waals surface area contributed by atoms with Gasteiger partial charge in [0.15, 0.2) is 23.1 Å². The first-order chi connectivity index (χ1) is 19.1. The van der Waals surface area contributed by atoms with Crippen LogP contribution in [0.3, 0.4) is 0 Å². The molecule has 4 rings (SSSR count). The van der Waals surface area contributed by atoms with Crippen molar-refractivity contribution in [3.63, 3.8) is 0 Å². The number of phenolic OH excluding ortho intramolecular Hbond substituents is 1. The Bertz CT molecular complexity index is 1190. The molecule has 1 aliphatic carbocycles. The Morgan fingerprint density at radius 2 is 1.35 bits per heavy atom. The largest absolute Gasteiger partial charge is 0.505 e. The second kappa shape index (κ2) is 16.2. The van der Waals surface area contributed by atoms with Crippen LogP contribution >= 0.6 is 0 Å². The van der Waals surface area contributed by atoms with Crippen molar-refractivity contribution >= 4 is 0 Å². The van der Waals surface area contributed by atoms with Crippen LogP contribution in [-0.4, -0.2) is 28.4 Å². The van der Waals surface area contributed by atoms with Gasteiger partial charge in [0.25, 0.3) is 0 Å². The number of ether oxygens (including phenoxy) is 1. The fourth-order valence-electron chi connectivity index (χ4n) is 4.65. The minimum atomic E-state index is -1.52. The Kier molecular flexibility index (Phi) is 13.4. The first-order valence-corrected chi connectivity index (χ1v) is 13.3. The van der Waals surface area contributed by atoms with E-state index in [-0.39, 0.29) is 12.4 Å². The molecule has 0 radical (unpaired) electrons. The zero-order valence-corrected chi connectivity index (χ0v) is 22.9. The van der Waals surface area contributed by atoms with Gasteiger partial charge in [-0.15, -0.1) is 0 Å². The normalized spacial score (nSPS) is 17.1. The fraction of sp³-hybridized carbons (Fsp3) is 0.419. The average molecular weight is 569 g/mol. The van der Waals surface area contributed by atoms with Crippen molar-refractivity contribution < 1.29 is 42.3 Å². The molecule has 9 heteroatoms. The van der Waals surface area contributed by atoms with Crippen LogP contribution in [0.4, 0.5) is 22.0 Å². The number of hydrogen-bond donors (Lipinski definition) is 3. The van der Waals surface area contributed by atoms with E-state index in [0.717, 1.165) is 41.7 Å². The van der Waals surface area contributed by atoms with E-state index in [0.29, 0.717) is 12.8 Å². The van der Waals surface area contributed by atoms with Gasteiger partial charge < -0.3 is 9.84 Å². The Morgan fingerprint density at radius 3 is 1.90 bits per heavy atom. The van der Waals surface area contributed by atoms with E-state index < -0.39 is 46.3 Å². The third-order valence-corrected chi connectivity index (χ3v) is 6.84.